The Morgan fingerprint density at radius 1 is 1.19 bits per heavy atom. The largest absolute Gasteiger partial charge is 0.207 e. The molecule has 1 aromatic carbocycles. The van der Waals surface area contributed by atoms with Crippen LogP contribution in [0.25, 0.3) is 0 Å². The predicted molar refractivity (Wildman–Crippen MR) is 66.9 cm³/mol. The summed E-state index contributed by atoms with van der Waals surface area (Å²) in [5.41, 5.74) is 0.775. The lowest BCUT2D eigenvalue weighted by Crippen LogP contribution is -2.06. The van der Waals surface area contributed by atoms with Crippen molar-refractivity contribution in [3.8, 4) is 0 Å². The average Bonchev–Trinajstić information content (AvgIpc) is 2.43. The van der Waals surface area contributed by atoms with Gasteiger partial charge in [0.15, 0.2) is 0 Å². The van der Waals surface area contributed by atoms with Crippen LogP contribution in [0.15, 0.2) is 18.2 Å². The van der Waals surface area contributed by atoms with Crippen LogP contribution in [0, 0.1) is 5.82 Å². The summed E-state index contributed by atoms with van der Waals surface area (Å²) in [6, 6.07) is 4.95. The SMILES string of the molecule is Fc1cc(Cl)ccc1C1CCCCC(Cl)C1. The van der Waals surface area contributed by atoms with E-state index in [4.69, 9.17) is 23.2 Å². The van der Waals surface area contributed by atoms with E-state index in [-0.39, 0.29) is 17.1 Å². The van der Waals surface area contributed by atoms with E-state index in [1.54, 1.807) is 12.1 Å². The summed E-state index contributed by atoms with van der Waals surface area (Å²) >= 11 is 12.0. The van der Waals surface area contributed by atoms with Crippen LogP contribution in [0.2, 0.25) is 5.02 Å². The van der Waals surface area contributed by atoms with Gasteiger partial charge in [-0.2, -0.15) is 0 Å². The summed E-state index contributed by atoms with van der Waals surface area (Å²) in [6.07, 6.45) is 5.24. The van der Waals surface area contributed by atoms with Crippen molar-refractivity contribution in [1.29, 1.82) is 0 Å². The lowest BCUT2D eigenvalue weighted by molar-refractivity contribution is 0.539. The molecule has 0 N–H and O–H groups in total. The van der Waals surface area contributed by atoms with Crippen molar-refractivity contribution in [2.45, 2.75) is 43.4 Å². The lowest BCUT2D eigenvalue weighted by Gasteiger charge is -2.17. The molecule has 0 saturated heterocycles. The van der Waals surface area contributed by atoms with E-state index >= 15 is 0 Å². The Kier molecular flexibility index (Phi) is 4.10. The van der Waals surface area contributed by atoms with Crippen molar-refractivity contribution in [1.82, 2.24) is 0 Å². The van der Waals surface area contributed by atoms with Gasteiger partial charge >= 0.3 is 0 Å². The van der Waals surface area contributed by atoms with Crippen LogP contribution in [0.4, 0.5) is 4.39 Å². The lowest BCUT2D eigenvalue weighted by atomic mass is 9.91. The second-order valence-corrected chi connectivity index (χ2v) is 5.53. The zero-order valence-electron chi connectivity index (χ0n) is 9.06. The third-order valence-corrected chi connectivity index (χ3v) is 3.89. The number of hydrogen-bond donors (Lipinski definition) is 0. The minimum absolute atomic E-state index is 0.183. The second kappa shape index (κ2) is 5.37. The first-order valence-electron chi connectivity index (χ1n) is 5.76. The Hall–Kier alpha value is -0.270. The average molecular weight is 261 g/mol. The van der Waals surface area contributed by atoms with Gasteiger partial charge in [0.1, 0.15) is 5.82 Å². The molecule has 0 aromatic heterocycles. The fourth-order valence-corrected chi connectivity index (χ4v) is 2.94. The van der Waals surface area contributed by atoms with Gasteiger partial charge in [0.2, 0.25) is 0 Å². The summed E-state index contributed by atoms with van der Waals surface area (Å²) in [4.78, 5) is 0. The van der Waals surface area contributed by atoms with E-state index in [9.17, 15) is 4.39 Å². The topological polar surface area (TPSA) is 0 Å². The molecule has 0 spiro atoms. The maximum atomic E-state index is 13.8. The van der Waals surface area contributed by atoms with Crippen LogP contribution in [0.5, 0.6) is 0 Å². The smallest absolute Gasteiger partial charge is 0.128 e. The number of rotatable bonds is 1. The van der Waals surface area contributed by atoms with E-state index in [0.717, 1.165) is 37.7 Å². The van der Waals surface area contributed by atoms with Gasteiger partial charge in [0.25, 0.3) is 0 Å². The number of benzene rings is 1. The highest BCUT2D eigenvalue weighted by Gasteiger charge is 2.22. The summed E-state index contributed by atoms with van der Waals surface area (Å²) in [7, 11) is 0. The molecule has 16 heavy (non-hydrogen) atoms. The van der Waals surface area contributed by atoms with Crippen LogP contribution in [0.3, 0.4) is 0 Å². The van der Waals surface area contributed by atoms with Gasteiger partial charge in [-0.1, -0.05) is 30.5 Å². The van der Waals surface area contributed by atoms with Crippen molar-refractivity contribution in [2.24, 2.45) is 0 Å². The van der Waals surface area contributed by atoms with Gasteiger partial charge in [0, 0.05) is 10.4 Å². The van der Waals surface area contributed by atoms with Crippen molar-refractivity contribution in [3.05, 3.63) is 34.6 Å². The maximum absolute atomic E-state index is 13.8. The fourth-order valence-electron chi connectivity index (χ4n) is 2.42. The van der Waals surface area contributed by atoms with E-state index in [2.05, 4.69) is 0 Å². The van der Waals surface area contributed by atoms with Gasteiger partial charge in [-0.15, -0.1) is 11.6 Å². The predicted octanol–water partition coefficient (Wildman–Crippen LogP) is 5.13. The van der Waals surface area contributed by atoms with Crippen LogP contribution >= 0.6 is 23.2 Å². The normalized spacial score (nSPS) is 26.4. The monoisotopic (exact) mass is 260 g/mol. The van der Waals surface area contributed by atoms with E-state index in [1.165, 1.54) is 6.07 Å². The number of halogens is 3. The third kappa shape index (κ3) is 2.89. The van der Waals surface area contributed by atoms with Gasteiger partial charge in [-0.3, -0.25) is 0 Å². The van der Waals surface area contributed by atoms with E-state index < -0.39 is 0 Å². The van der Waals surface area contributed by atoms with E-state index in [1.807, 2.05) is 0 Å². The van der Waals surface area contributed by atoms with Gasteiger partial charge in [0.05, 0.1) is 0 Å². The highest BCUT2D eigenvalue weighted by Crippen LogP contribution is 2.35. The van der Waals surface area contributed by atoms with Gasteiger partial charge < -0.3 is 0 Å². The molecule has 2 unspecified atom stereocenters. The number of hydrogen-bond acceptors (Lipinski definition) is 0. The summed E-state index contributed by atoms with van der Waals surface area (Å²) in [5.74, 6) is 0.0607. The van der Waals surface area contributed by atoms with E-state index in [0.29, 0.717) is 5.02 Å². The molecule has 2 rings (SSSR count). The highest BCUT2D eigenvalue weighted by atomic mass is 35.5. The first-order chi connectivity index (χ1) is 7.66. The van der Waals surface area contributed by atoms with Crippen molar-refractivity contribution < 1.29 is 4.39 Å². The Morgan fingerprint density at radius 3 is 2.69 bits per heavy atom. The molecular weight excluding hydrogens is 246 g/mol. The molecule has 1 aromatic rings. The first-order valence-corrected chi connectivity index (χ1v) is 6.57. The maximum Gasteiger partial charge on any atom is 0.128 e. The molecule has 1 saturated carbocycles. The van der Waals surface area contributed by atoms with Crippen molar-refractivity contribution >= 4 is 23.2 Å². The molecular formula is C13H15Cl2F. The minimum atomic E-state index is -0.191. The van der Waals surface area contributed by atoms with Gasteiger partial charge in [-0.05, 0) is 42.9 Å². The molecule has 2 atom stereocenters. The van der Waals surface area contributed by atoms with Crippen LogP contribution < -0.4 is 0 Å². The van der Waals surface area contributed by atoms with Crippen LogP contribution in [-0.4, -0.2) is 5.38 Å². The van der Waals surface area contributed by atoms with Crippen molar-refractivity contribution in [2.75, 3.05) is 0 Å². The molecule has 0 radical (unpaired) electrons. The molecule has 3 heteroatoms. The zero-order chi connectivity index (χ0) is 11.5. The number of alkyl halides is 1. The van der Waals surface area contributed by atoms with Gasteiger partial charge in [-0.25, -0.2) is 4.39 Å². The molecule has 0 aliphatic heterocycles. The molecule has 0 amide bonds. The quantitative estimate of drug-likeness (QED) is 0.485. The second-order valence-electron chi connectivity index (χ2n) is 4.48. The van der Waals surface area contributed by atoms with Crippen LogP contribution in [0.1, 0.15) is 43.6 Å². The standard InChI is InChI=1S/C13H15Cl2F/c14-10-4-2-1-3-9(7-10)12-6-5-11(15)8-13(12)16/h5-6,8-10H,1-4,7H2. The van der Waals surface area contributed by atoms with Crippen molar-refractivity contribution in [3.63, 3.8) is 0 Å². The molecule has 1 aliphatic rings. The molecule has 0 nitrogen and oxygen atoms in total. The Balaban J connectivity index is 2.21. The summed E-state index contributed by atoms with van der Waals surface area (Å²) in [5, 5.41) is 0.639. The molecule has 0 bridgehead atoms. The molecule has 1 fully saturated rings. The molecule has 1 aliphatic carbocycles. The minimum Gasteiger partial charge on any atom is -0.207 e. The van der Waals surface area contributed by atoms with Crippen LogP contribution in [-0.2, 0) is 0 Å². The fraction of sp³-hybridized carbons (Fsp3) is 0.538. The Morgan fingerprint density at radius 2 is 1.94 bits per heavy atom. The third-order valence-electron chi connectivity index (χ3n) is 3.26. The summed E-state index contributed by atoms with van der Waals surface area (Å²) in [6.45, 7) is 0. The molecule has 88 valence electrons. The first kappa shape index (κ1) is 12.2. The Labute approximate surface area is 106 Å². The highest BCUT2D eigenvalue weighted by molar-refractivity contribution is 6.30. The Bertz CT molecular complexity index is 365. The molecule has 0 heterocycles. The zero-order valence-corrected chi connectivity index (χ0v) is 10.6. The summed E-state index contributed by atoms with van der Waals surface area (Å²) < 4.78 is 13.8.